The molecule has 0 spiro atoms. The van der Waals surface area contributed by atoms with Gasteiger partial charge in [0.25, 0.3) is 10.0 Å². The number of halogens is 3. The van der Waals surface area contributed by atoms with Crippen LogP contribution in [0.15, 0.2) is 88.4 Å². The Kier molecular flexibility index (Phi) is 7.58. The molecular formula is C28H25F3N2O6S. The van der Waals surface area contributed by atoms with Gasteiger partial charge in [-0.25, -0.2) is 8.42 Å². The molecular weight excluding hydrogens is 549 g/mol. The lowest BCUT2D eigenvalue weighted by atomic mass is 10.1. The summed E-state index contributed by atoms with van der Waals surface area (Å²) in [4.78, 5) is 13.1. The van der Waals surface area contributed by atoms with Crippen molar-refractivity contribution in [2.45, 2.75) is 43.0 Å². The van der Waals surface area contributed by atoms with Gasteiger partial charge in [-0.2, -0.15) is 17.5 Å². The van der Waals surface area contributed by atoms with E-state index < -0.39 is 39.8 Å². The molecule has 3 aromatic carbocycles. The molecule has 5 rings (SSSR count). The minimum atomic E-state index is -4.42. The zero-order chi connectivity index (χ0) is 28.5. The highest BCUT2D eigenvalue weighted by atomic mass is 32.2. The Morgan fingerprint density at radius 2 is 1.77 bits per heavy atom. The van der Waals surface area contributed by atoms with Crippen LogP contribution in [0.25, 0.3) is 11.0 Å². The number of hydrogen-bond acceptors (Lipinski definition) is 6. The van der Waals surface area contributed by atoms with Crippen molar-refractivity contribution in [3.63, 3.8) is 0 Å². The Morgan fingerprint density at radius 1 is 1.02 bits per heavy atom. The number of hydrogen-bond donors (Lipinski definition) is 2. The first-order chi connectivity index (χ1) is 19.0. The van der Waals surface area contributed by atoms with E-state index in [9.17, 15) is 31.5 Å². The first kappa shape index (κ1) is 27.7. The van der Waals surface area contributed by atoms with E-state index in [1.165, 1.54) is 18.2 Å². The van der Waals surface area contributed by atoms with Gasteiger partial charge in [0, 0.05) is 24.5 Å². The second-order valence-electron chi connectivity index (χ2n) is 9.37. The predicted octanol–water partition coefficient (Wildman–Crippen LogP) is 4.47. The van der Waals surface area contributed by atoms with Crippen LogP contribution in [0.4, 0.5) is 13.2 Å². The number of sulfonamides is 1. The van der Waals surface area contributed by atoms with Crippen LogP contribution < -0.4 is 10.1 Å². The average Bonchev–Trinajstić information content (AvgIpc) is 3.55. The minimum absolute atomic E-state index is 0.0259. The van der Waals surface area contributed by atoms with Crippen LogP contribution in [0.3, 0.4) is 0 Å². The molecule has 2 heterocycles. The highest BCUT2D eigenvalue weighted by Crippen LogP contribution is 2.31. The molecule has 40 heavy (non-hydrogen) atoms. The molecule has 210 valence electrons. The highest BCUT2D eigenvalue weighted by Gasteiger charge is 2.46. The normalized spacial score (nSPS) is 18.2. The first-order valence-corrected chi connectivity index (χ1v) is 13.8. The molecule has 2 atom stereocenters. The van der Waals surface area contributed by atoms with Gasteiger partial charge in [-0.1, -0.05) is 42.5 Å². The lowest BCUT2D eigenvalue weighted by Crippen LogP contribution is -2.49. The summed E-state index contributed by atoms with van der Waals surface area (Å²) in [5.74, 6) is -0.234. The van der Waals surface area contributed by atoms with Gasteiger partial charge in [0.1, 0.15) is 24.0 Å². The molecule has 0 saturated carbocycles. The van der Waals surface area contributed by atoms with Crippen molar-refractivity contribution in [3.05, 3.63) is 95.6 Å². The van der Waals surface area contributed by atoms with E-state index in [0.717, 1.165) is 16.4 Å². The summed E-state index contributed by atoms with van der Waals surface area (Å²) in [6.07, 6.45) is -5.52. The number of carbonyl (C=O) groups is 1. The molecule has 12 heteroatoms. The number of benzene rings is 3. The van der Waals surface area contributed by atoms with Gasteiger partial charge in [-0.3, -0.25) is 4.79 Å². The molecule has 1 saturated heterocycles. The number of furan rings is 1. The Morgan fingerprint density at radius 3 is 2.50 bits per heavy atom. The van der Waals surface area contributed by atoms with Gasteiger partial charge in [0.15, 0.2) is 0 Å². The number of fused-ring (bicyclic) bond motifs is 1. The smallest absolute Gasteiger partial charge is 0.416 e. The fraction of sp³-hybridized carbons (Fsp3) is 0.250. The lowest BCUT2D eigenvalue weighted by Gasteiger charge is -2.23. The molecule has 4 aromatic rings. The minimum Gasteiger partial charge on any atom is -0.489 e. The van der Waals surface area contributed by atoms with Crippen molar-refractivity contribution in [2.24, 2.45) is 0 Å². The topological polar surface area (TPSA) is 109 Å². The third-order valence-electron chi connectivity index (χ3n) is 6.61. The fourth-order valence-corrected chi connectivity index (χ4v) is 6.10. The van der Waals surface area contributed by atoms with Crippen LogP contribution in [0.2, 0.25) is 0 Å². The molecule has 1 fully saturated rings. The number of aliphatic hydroxyl groups excluding tert-OH is 1. The molecule has 0 unspecified atom stereocenters. The number of aliphatic hydroxyl groups is 1. The van der Waals surface area contributed by atoms with E-state index in [1.807, 2.05) is 0 Å². The van der Waals surface area contributed by atoms with Crippen molar-refractivity contribution in [3.8, 4) is 5.75 Å². The summed E-state index contributed by atoms with van der Waals surface area (Å²) in [5.41, 5.74) is 0.831. The quantitative estimate of drug-likeness (QED) is 0.322. The second-order valence-corrected chi connectivity index (χ2v) is 11.2. The van der Waals surface area contributed by atoms with E-state index in [0.29, 0.717) is 27.8 Å². The number of ether oxygens (including phenoxy) is 1. The van der Waals surface area contributed by atoms with E-state index in [1.54, 1.807) is 48.5 Å². The van der Waals surface area contributed by atoms with E-state index in [4.69, 9.17) is 9.15 Å². The van der Waals surface area contributed by atoms with E-state index >= 15 is 0 Å². The Balaban J connectivity index is 1.22. The first-order valence-electron chi connectivity index (χ1n) is 12.4. The largest absolute Gasteiger partial charge is 0.489 e. The van der Waals surface area contributed by atoms with Crippen molar-refractivity contribution < 1.29 is 40.6 Å². The summed E-state index contributed by atoms with van der Waals surface area (Å²) < 4.78 is 77.0. The van der Waals surface area contributed by atoms with Crippen LogP contribution in [0.1, 0.15) is 23.1 Å². The molecule has 2 N–H and O–H groups in total. The summed E-state index contributed by atoms with van der Waals surface area (Å²) in [6, 6.07) is 18.2. The fourth-order valence-electron chi connectivity index (χ4n) is 4.52. The molecule has 1 aliphatic rings. The van der Waals surface area contributed by atoms with Crippen LogP contribution in [0.5, 0.6) is 5.75 Å². The maximum Gasteiger partial charge on any atom is 0.416 e. The zero-order valence-corrected chi connectivity index (χ0v) is 21.8. The number of nitrogens with one attached hydrogen (secondary N) is 1. The zero-order valence-electron chi connectivity index (χ0n) is 21.0. The third kappa shape index (κ3) is 5.83. The Bertz CT molecular complexity index is 1590. The molecule has 0 aliphatic carbocycles. The molecule has 0 radical (unpaired) electrons. The Labute approximate surface area is 228 Å². The van der Waals surface area contributed by atoms with E-state index in [-0.39, 0.29) is 31.2 Å². The van der Waals surface area contributed by atoms with Crippen molar-refractivity contribution in [1.82, 2.24) is 9.62 Å². The average molecular weight is 575 g/mol. The second kappa shape index (κ2) is 11.0. The number of nitrogens with zero attached hydrogens (tertiary/aromatic N) is 1. The van der Waals surface area contributed by atoms with Gasteiger partial charge in [0.05, 0.1) is 11.7 Å². The van der Waals surface area contributed by atoms with Crippen LogP contribution in [-0.2, 0) is 34.1 Å². The van der Waals surface area contributed by atoms with Crippen molar-refractivity contribution in [1.29, 1.82) is 0 Å². The SMILES string of the molecule is O=C(NCc1cccc(OCc2ccc(C(F)(F)F)cc2)c1)[C@@H]1[C@@H](O)CCN1S(=O)(=O)c1cc2ccccc2o1. The third-order valence-corrected chi connectivity index (χ3v) is 8.34. The maximum absolute atomic E-state index is 13.3. The van der Waals surface area contributed by atoms with Gasteiger partial charge >= 0.3 is 6.18 Å². The van der Waals surface area contributed by atoms with E-state index in [2.05, 4.69) is 5.32 Å². The number of alkyl halides is 3. The summed E-state index contributed by atoms with van der Waals surface area (Å²) >= 11 is 0. The molecule has 8 nitrogen and oxygen atoms in total. The maximum atomic E-state index is 13.3. The number of rotatable bonds is 8. The molecule has 1 aromatic heterocycles. The monoisotopic (exact) mass is 574 g/mol. The summed E-state index contributed by atoms with van der Waals surface area (Å²) in [5, 5.41) is 13.4. The standard InChI is InChI=1S/C28H25F3N2O6S/c29-28(30,31)21-10-8-18(9-11-21)17-38-22-6-3-4-19(14-22)16-32-27(35)26-23(34)12-13-33(26)40(36,37)25-15-20-5-1-2-7-24(20)39-25/h1-11,14-15,23,26,34H,12-13,16-17H2,(H,32,35)/t23-,26-/m0/s1. The van der Waals surface area contributed by atoms with Crippen molar-refractivity contribution >= 4 is 26.9 Å². The number of amides is 1. The molecule has 1 aliphatic heterocycles. The van der Waals surface area contributed by atoms with Crippen molar-refractivity contribution in [2.75, 3.05) is 6.54 Å². The number of para-hydroxylation sites is 1. The van der Waals surface area contributed by atoms with Gasteiger partial charge in [0.2, 0.25) is 11.0 Å². The lowest BCUT2D eigenvalue weighted by molar-refractivity contribution is -0.137. The molecule has 0 bridgehead atoms. The molecule has 1 amide bonds. The highest BCUT2D eigenvalue weighted by molar-refractivity contribution is 7.89. The predicted molar refractivity (Wildman–Crippen MR) is 139 cm³/mol. The number of carbonyl (C=O) groups excluding carboxylic acids is 1. The van der Waals surface area contributed by atoms with Gasteiger partial charge < -0.3 is 19.6 Å². The van der Waals surface area contributed by atoms with Gasteiger partial charge in [-0.05, 0) is 47.9 Å². The Hall–Kier alpha value is -3.87. The van der Waals surface area contributed by atoms with Crippen LogP contribution in [0, 0.1) is 0 Å². The van der Waals surface area contributed by atoms with Gasteiger partial charge in [-0.15, -0.1) is 0 Å². The summed E-state index contributed by atoms with van der Waals surface area (Å²) in [6.45, 7) is 0.0147. The summed E-state index contributed by atoms with van der Waals surface area (Å²) in [7, 11) is -4.20. The van der Waals surface area contributed by atoms with Crippen LogP contribution in [-0.4, -0.2) is 42.4 Å². The van der Waals surface area contributed by atoms with Crippen LogP contribution >= 0.6 is 0 Å².